The molecule has 1 aliphatic rings. The highest BCUT2D eigenvalue weighted by Crippen LogP contribution is 2.37. The van der Waals surface area contributed by atoms with Crippen molar-refractivity contribution in [1.29, 1.82) is 0 Å². The molecule has 3 rings (SSSR count). The van der Waals surface area contributed by atoms with Crippen LogP contribution in [0.1, 0.15) is 42.0 Å². The van der Waals surface area contributed by atoms with Crippen molar-refractivity contribution in [3.8, 4) is 0 Å². The second-order valence-electron chi connectivity index (χ2n) is 6.96. The van der Waals surface area contributed by atoms with Crippen LogP contribution < -0.4 is 5.32 Å². The Labute approximate surface area is 155 Å². The second kappa shape index (κ2) is 7.58. The first-order valence-electron chi connectivity index (χ1n) is 8.78. The van der Waals surface area contributed by atoms with Crippen LogP contribution in [0.4, 0.5) is 18.0 Å². The quantitative estimate of drug-likeness (QED) is 0.884. The van der Waals surface area contributed by atoms with Crippen molar-refractivity contribution in [2.24, 2.45) is 7.05 Å². The summed E-state index contributed by atoms with van der Waals surface area (Å²) in [5.74, 6) is -0.124. The first-order chi connectivity index (χ1) is 12.7. The van der Waals surface area contributed by atoms with Gasteiger partial charge in [-0.25, -0.2) is 4.79 Å². The summed E-state index contributed by atoms with van der Waals surface area (Å²) in [5.41, 5.74) is 0.622. The van der Waals surface area contributed by atoms with Crippen molar-refractivity contribution in [3.05, 3.63) is 47.3 Å². The molecule has 2 aromatic rings. The van der Waals surface area contributed by atoms with E-state index in [9.17, 15) is 18.0 Å². The summed E-state index contributed by atoms with van der Waals surface area (Å²) >= 11 is 0. The van der Waals surface area contributed by atoms with Crippen LogP contribution in [0.15, 0.2) is 30.5 Å². The molecular weight excluding hydrogens is 359 g/mol. The van der Waals surface area contributed by atoms with Gasteiger partial charge in [0.25, 0.3) is 0 Å². The van der Waals surface area contributed by atoms with E-state index in [1.54, 1.807) is 31.0 Å². The maximum atomic E-state index is 13.0. The minimum atomic E-state index is -4.37. The number of nitrogens with one attached hydrogen (secondary N) is 1. The monoisotopic (exact) mass is 381 g/mol. The Balaban J connectivity index is 1.66. The Morgan fingerprint density at radius 1 is 1.37 bits per heavy atom. The van der Waals surface area contributed by atoms with Gasteiger partial charge in [0.05, 0.1) is 12.1 Å². The summed E-state index contributed by atoms with van der Waals surface area (Å²) in [7, 11) is 3.40. The molecule has 0 saturated heterocycles. The van der Waals surface area contributed by atoms with Crippen LogP contribution in [-0.4, -0.2) is 39.0 Å². The van der Waals surface area contributed by atoms with Gasteiger partial charge in [-0.2, -0.15) is 13.2 Å². The predicted molar refractivity (Wildman–Crippen MR) is 92.8 cm³/mol. The Hall–Kier alpha value is -2.58. The van der Waals surface area contributed by atoms with E-state index in [1.165, 1.54) is 17.0 Å². The molecule has 0 bridgehead atoms. The van der Waals surface area contributed by atoms with Crippen LogP contribution in [0.5, 0.6) is 0 Å². The van der Waals surface area contributed by atoms with Gasteiger partial charge in [0.1, 0.15) is 5.69 Å². The van der Waals surface area contributed by atoms with E-state index in [2.05, 4.69) is 15.6 Å². The first-order valence-corrected chi connectivity index (χ1v) is 8.78. The normalized spacial score (nSPS) is 19.9. The van der Waals surface area contributed by atoms with Crippen LogP contribution in [0.2, 0.25) is 0 Å². The molecule has 1 saturated carbocycles. The van der Waals surface area contributed by atoms with Crippen molar-refractivity contribution in [1.82, 2.24) is 25.2 Å². The van der Waals surface area contributed by atoms with E-state index in [0.717, 1.165) is 25.3 Å². The Bertz CT molecular complexity index is 804. The molecule has 2 atom stereocenters. The van der Waals surface area contributed by atoms with Crippen molar-refractivity contribution >= 4 is 6.03 Å². The third-order valence-electron chi connectivity index (χ3n) is 4.86. The summed E-state index contributed by atoms with van der Waals surface area (Å²) < 4.78 is 40.5. The summed E-state index contributed by atoms with van der Waals surface area (Å²) in [6.07, 6.45) is -0.291. The van der Waals surface area contributed by atoms with Gasteiger partial charge in [-0.05, 0) is 24.5 Å². The van der Waals surface area contributed by atoms with Gasteiger partial charge >= 0.3 is 12.2 Å². The molecule has 1 heterocycles. The number of alkyl halides is 3. The van der Waals surface area contributed by atoms with E-state index in [1.807, 2.05) is 0 Å². The lowest BCUT2D eigenvalue weighted by atomic mass is 9.92. The lowest BCUT2D eigenvalue weighted by Crippen LogP contribution is -2.43. The Morgan fingerprint density at radius 2 is 2.15 bits per heavy atom. The van der Waals surface area contributed by atoms with Crippen molar-refractivity contribution in [2.45, 2.75) is 43.9 Å². The van der Waals surface area contributed by atoms with Crippen molar-refractivity contribution < 1.29 is 18.0 Å². The van der Waals surface area contributed by atoms with Crippen LogP contribution >= 0.6 is 0 Å². The molecule has 1 N–H and O–H groups in total. The average Bonchev–Trinajstić information content (AvgIpc) is 3.23. The van der Waals surface area contributed by atoms with Crippen molar-refractivity contribution in [2.75, 3.05) is 7.05 Å². The minimum absolute atomic E-state index is 0.124. The summed E-state index contributed by atoms with van der Waals surface area (Å²) in [4.78, 5) is 14.0. The fraction of sp³-hybridized carbons (Fsp3) is 0.500. The molecular formula is C18H22F3N5O. The zero-order valence-corrected chi connectivity index (χ0v) is 15.2. The number of carbonyl (C=O) groups is 1. The van der Waals surface area contributed by atoms with Gasteiger partial charge < -0.3 is 10.2 Å². The zero-order valence-electron chi connectivity index (χ0n) is 15.2. The molecule has 27 heavy (non-hydrogen) atoms. The van der Waals surface area contributed by atoms with E-state index < -0.39 is 11.7 Å². The van der Waals surface area contributed by atoms with E-state index in [0.29, 0.717) is 17.8 Å². The lowest BCUT2D eigenvalue weighted by Gasteiger charge is -2.25. The number of amides is 2. The SMILES string of the molecule is CN(Cc1cn(C)nn1)C(=O)NC1CCCC1c1cccc(C(F)(F)F)c1. The molecule has 1 aliphatic carbocycles. The van der Waals surface area contributed by atoms with Crippen molar-refractivity contribution in [3.63, 3.8) is 0 Å². The molecule has 0 radical (unpaired) electrons. The molecule has 2 unspecified atom stereocenters. The maximum Gasteiger partial charge on any atom is 0.416 e. The molecule has 0 aliphatic heterocycles. The molecule has 6 nitrogen and oxygen atoms in total. The number of nitrogens with zero attached hydrogens (tertiary/aromatic N) is 4. The number of urea groups is 1. The van der Waals surface area contributed by atoms with Crippen LogP contribution in [0.3, 0.4) is 0 Å². The number of hydrogen-bond donors (Lipinski definition) is 1. The van der Waals surface area contributed by atoms with Gasteiger partial charge in [-0.3, -0.25) is 4.68 Å². The standard InChI is InChI=1S/C18H22F3N5O/c1-25(10-14-11-26(2)24-23-14)17(27)22-16-8-4-7-15(16)12-5-3-6-13(9-12)18(19,20)21/h3,5-6,9,11,15-16H,4,7-8,10H2,1-2H3,(H,22,27). The number of rotatable bonds is 4. The number of benzene rings is 1. The van der Waals surface area contributed by atoms with Gasteiger partial charge in [0.2, 0.25) is 0 Å². The fourth-order valence-corrected chi connectivity index (χ4v) is 3.53. The average molecular weight is 381 g/mol. The smallest absolute Gasteiger partial charge is 0.335 e. The summed E-state index contributed by atoms with van der Waals surface area (Å²) in [6, 6.07) is 4.93. The van der Waals surface area contributed by atoms with Crippen LogP contribution in [0, 0.1) is 0 Å². The molecule has 1 fully saturated rings. The Kier molecular flexibility index (Phi) is 5.38. The molecule has 9 heteroatoms. The topological polar surface area (TPSA) is 63.1 Å². The summed E-state index contributed by atoms with van der Waals surface area (Å²) in [6.45, 7) is 0.306. The van der Waals surface area contributed by atoms with Gasteiger partial charge in [-0.1, -0.05) is 29.8 Å². The van der Waals surface area contributed by atoms with E-state index >= 15 is 0 Å². The molecule has 1 aromatic heterocycles. The zero-order chi connectivity index (χ0) is 19.6. The highest BCUT2D eigenvalue weighted by Gasteiger charge is 2.34. The molecule has 1 aromatic carbocycles. The number of carbonyl (C=O) groups excluding carboxylic acids is 1. The molecule has 0 spiro atoms. The second-order valence-corrected chi connectivity index (χ2v) is 6.96. The number of halogens is 3. The maximum absolute atomic E-state index is 13.0. The van der Waals surface area contributed by atoms with E-state index in [4.69, 9.17) is 0 Å². The largest absolute Gasteiger partial charge is 0.416 e. The first kappa shape index (κ1) is 19.2. The van der Waals surface area contributed by atoms with E-state index in [-0.39, 0.29) is 18.0 Å². The third-order valence-corrected chi connectivity index (χ3v) is 4.86. The van der Waals surface area contributed by atoms with Gasteiger partial charge in [0, 0.05) is 32.3 Å². The number of hydrogen-bond acceptors (Lipinski definition) is 3. The third kappa shape index (κ3) is 4.58. The van der Waals surface area contributed by atoms with Crippen LogP contribution in [0.25, 0.3) is 0 Å². The lowest BCUT2D eigenvalue weighted by molar-refractivity contribution is -0.137. The Morgan fingerprint density at radius 3 is 2.81 bits per heavy atom. The minimum Gasteiger partial charge on any atom is -0.335 e. The van der Waals surface area contributed by atoms with Crippen LogP contribution in [-0.2, 0) is 19.8 Å². The summed E-state index contributed by atoms with van der Waals surface area (Å²) in [5, 5.41) is 10.7. The molecule has 2 amide bonds. The fourth-order valence-electron chi connectivity index (χ4n) is 3.53. The van der Waals surface area contributed by atoms with Gasteiger partial charge in [-0.15, -0.1) is 5.10 Å². The number of aryl methyl sites for hydroxylation is 1. The highest BCUT2D eigenvalue weighted by atomic mass is 19.4. The predicted octanol–water partition coefficient (Wildman–Crippen LogP) is 3.31. The highest BCUT2D eigenvalue weighted by molar-refractivity contribution is 5.74. The molecule has 146 valence electrons. The number of aromatic nitrogens is 3. The van der Waals surface area contributed by atoms with Gasteiger partial charge in [0.15, 0.2) is 0 Å².